The molecule has 0 aliphatic heterocycles. The average Bonchev–Trinajstić information content (AvgIpc) is 3.33. The van der Waals surface area contributed by atoms with Gasteiger partial charge in [0.05, 0.1) is 6.61 Å². The first-order valence-corrected chi connectivity index (χ1v) is 14.8. The Kier molecular flexibility index (Phi) is 15.4. The van der Waals surface area contributed by atoms with Gasteiger partial charge in [0.1, 0.15) is 6.61 Å². The molecule has 1 aliphatic carbocycles. The van der Waals surface area contributed by atoms with E-state index in [2.05, 4.69) is 84.0 Å². The molecule has 0 radical (unpaired) electrons. The number of ether oxygens (including phenoxy) is 1. The molecule has 166 valence electrons. The van der Waals surface area contributed by atoms with E-state index in [0.717, 1.165) is 12.2 Å². The molecular weight excluding hydrogens is 522 g/mol. The fourth-order valence-electron chi connectivity index (χ4n) is 2.89. The van der Waals surface area contributed by atoms with Crippen molar-refractivity contribution >= 4 is 33.6 Å². The van der Waals surface area contributed by atoms with Crippen molar-refractivity contribution in [1.29, 1.82) is 0 Å². The van der Waals surface area contributed by atoms with Crippen LogP contribution in [0.1, 0.15) is 13.3 Å². The van der Waals surface area contributed by atoms with E-state index in [1.54, 1.807) is 0 Å². The first kappa shape index (κ1) is 30.1. The van der Waals surface area contributed by atoms with E-state index in [9.17, 15) is 0 Å². The molecule has 0 bridgehead atoms. The minimum atomic E-state index is -1.36. The number of benzene rings is 2. The Labute approximate surface area is 215 Å². The molecule has 1 aliphatic rings. The zero-order chi connectivity index (χ0) is 21.1. The molecule has 31 heavy (non-hydrogen) atoms. The van der Waals surface area contributed by atoms with Gasteiger partial charge in [0.2, 0.25) is 0 Å². The Morgan fingerprint density at radius 3 is 1.94 bits per heavy atom. The zero-order valence-electron chi connectivity index (χ0n) is 18.6. The van der Waals surface area contributed by atoms with Gasteiger partial charge in [0, 0.05) is 0 Å². The van der Waals surface area contributed by atoms with E-state index < -0.39 is 8.32 Å². The summed E-state index contributed by atoms with van der Waals surface area (Å²) in [7, 11) is -1.36. The zero-order valence-corrected chi connectivity index (χ0v) is 23.6. The number of halogens is 2. The molecule has 0 N–H and O–H groups in total. The number of fused-ring (bicyclic) bond motifs is 3. The van der Waals surface area contributed by atoms with Crippen molar-refractivity contribution in [3.63, 3.8) is 0 Å². The molecule has 6 heteroatoms. The van der Waals surface area contributed by atoms with Crippen LogP contribution in [0.15, 0.2) is 72.5 Å². The van der Waals surface area contributed by atoms with E-state index in [-0.39, 0.29) is 24.8 Å². The Morgan fingerprint density at radius 2 is 1.48 bits per heavy atom. The molecule has 4 rings (SSSR count). The van der Waals surface area contributed by atoms with Crippen molar-refractivity contribution in [2.24, 2.45) is 0 Å². The Balaban J connectivity index is 0.000000488. The summed E-state index contributed by atoms with van der Waals surface area (Å²) in [5, 5.41) is 5.39. The van der Waals surface area contributed by atoms with Crippen LogP contribution in [0.2, 0.25) is 19.6 Å². The van der Waals surface area contributed by atoms with Gasteiger partial charge in [-0.1, -0.05) is 42.2 Å². The summed E-state index contributed by atoms with van der Waals surface area (Å²) < 4.78 is 13.1. The quantitative estimate of drug-likeness (QED) is 0.262. The predicted octanol–water partition coefficient (Wildman–Crippen LogP) is 0.577. The number of hydrogen-bond donors (Lipinski definition) is 0. The summed E-state index contributed by atoms with van der Waals surface area (Å²) in [4.78, 5) is 0. The van der Waals surface area contributed by atoms with E-state index >= 15 is 0 Å². The Hall–Kier alpha value is -0.900. The van der Waals surface area contributed by atoms with Crippen LogP contribution >= 0.6 is 0 Å². The molecule has 0 spiro atoms. The fraction of sp³-hybridized carbons (Fsp3) is 0.280. The molecule has 0 amide bonds. The van der Waals surface area contributed by atoms with Gasteiger partial charge in [-0.3, -0.25) is 0 Å². The molecule has 0 saturated heterocycles. The molecule has 0 unspecified atom stereocenters. The van der Waals surface area contributed by atoms with Crippen molar-refractivity contribution in [3.05, 3.63) is 78.6 Å². The topological polar surface area (TPSA) is 18.5 Å². The third-order valence-electron chi connectivity index (χ3n) is 4.06. The standard InChI is InChI=1S/C13H9.C10H17O2Si.C2H4.2ClH.Zr/c1-3-7-12-10(5-1)9-11-6-2-4-8-13(11)12;1-13(2,3)12-9-8-11-10-6-4-5-7-10;1-2;;;/h1-9H;4,6H,5,8-9H2,1-3H3;1H,2H3;2*1H;/q2*-1;;;;+2/p-2. The number of allylic oxidation sites excluding steroid dienone is 3. The molecule has 2 nitrogen and oxygen atoms in total. The van der Waals surface area contributed by atoms with Crippen molar-refractivity contribution in [1.82, 2.24) is 0 Å². The molecule has 3 aromatic rings. The van der Waals surface area contributed by atoms with Gasteiger partial charge in [0.15, 0.2) is 8.32 Å². The molecule has 0 fully saturated rings. The second kappa shape index (κ2) is 15.8. The van der Waals surface area contributed by atoms with Gasteiger partial charge in [0.25, 0.3) is 0 Å². The van der Waals surface area contributed by atoms with E-state index in [1.165, 1.54) is 45.8 Å². The molecule has 0 saturated carbocycles. The van der Waals surface area contributed by atoms with Gasteiger partial charge in [-0.2, -0.15) is 12.2 Å². The molecule has 3 aromatic carbocycles. The summed E-state index contributed by atoms with van der Waals surface area (Å²) in [6, 6.07) is 19.3. The summed E-state index contributed by atoms with van der Waals surface area (Å²) >= 11 is 1.51. The molecule has 0 heterocycles. The van der Waals surface area contributed by atoms with Gasteiger partial charge in [-0.25, -0.2) is 6.08 Å². The van der Waals surface area contributed by atoms with E-state index in [1.807, 2.05) is 19.1 Å². The van der Waals surface area contributed by atoms with Crippen molar-refractivity contribution in [2.75, 3.05) is 13.2 Å². The van der Waals surface area contributed by atoms with E-state index in [4.69, 9.17) is 9.16 Å². The van der Waals surface area contributed by atoms with Gasteiger partial charge in [-0.05, 0) is 19.6 Å². The van der Waals surface area contributed by atoms with Crippen LogP contribution < -0.4 is 24.8 Å². The first-order chi connectivity index (χ1) is 13.9. The van der Waals surface area contributed by atoms with Crippen molar-refractivity contribution in [2.45, 2.75) is 33.0 Å². The smallest absolute Gasteiger partial charge is 0.183 e. The summed E-state index contributed by atoms with van der Waals surface area (Å²) in [5.74, 6) is 0.860. The van der Waals surface area contributed by atoms with Crippen LogP contribution in [0.25, 0.3) is 21.5 Å². The maximum Gasteiger partial charge on any atom is 0.183 e. The second-order valence-electron chi connectivity index (χ2n) is 7.56. The van der Waals surface area contributed by atoms with Crippen molar-refractivity contribution < 1.29 is 58.2 Å². The predicted molar refractivity (Wildman–Crippen MR) is 125 cm³/mol. The SMILES string of the molecule is C[CH]=[Zr+2].C[Si](C)(C)OCCOC1=[C-]CC=C1.[Cl-].[Cl-].c1ccc2c(c1)[cH-]c1ccccc12. The maximum absolute atomic E-state index is 5.64. The summed E-state index contributed by atoms with van der Waals surface area (Å²) in [5.41, 5.74) is 0. The minimum Gasteiger partial charge on any atom is -1.00 e. The molecule has 0 atom stereocenters. The number of hydrogen-bond acceptors (Lipinski definition) is 2. The first-order valence-electron chi connectivity index (χ1n) is 9.97. The van der Waals surface area contributed by atoms with E-state index in [0.29, 0.717) is 13.2 Å². The van der Waals surface area contributed by atoms with Gasteiger partial charge >= 0.3 is 34.9 Å². The van der Waals surface area contributed by atoms with Crippen LogP contribution in [-0.2, 0) is 33.4 Å². The largest absolute Gasteiger partial charge is 1.00 e. The third kappa shape index (κ3) is 11.0. The van der Waals surface area contributed by atoms with Crippen molar-refractivity contribution in [3.8, 4) is 0 Å². The Bertz CT molecular complexity index is 924. The third-order valence-corrected chi connectivity index (χ3v) is 5.13. The van der Waals surface area contributed by atoms with Crippen LogP contribution in [0, 0.1) is 6.08 Å². The summed E-state index contributed by atoms with van der Waals surface area (Å²) in [6.07, 6.45) is 7.96. The minimum absolute atomic E-state index is 0. The molecule has 0 aromatic heterocycles. The van der Waals surface area contributed by atoms with Crippen LogP contribution in [0.5, 0.6) is 0 Å². The molecular formula is C25H30Cl2O2SiZr-2. The average molecular weight is 553 g/mol. The normalized spacial score (nSPS) is 11.9. The Morgan fingerprint density at radius 1 is 0.968 bits per heavy atom. The number of rotatable bonds is 5. The summed E-state index contributed by atoms with van der Waals surface area (Å²) in [6.45, 7) is 9.89. The monoisotopic (exact) mass is 550 g/mol. The van der Waals surface area contributed by atoms with Crippen LogP contribution in [-0.4, -0.2) is 25.2 Å². The van der Waals surface area contributed by atoms with Crippen LogP contribution in [0.4, 0.5) is 0 Å². The fourth-order valence-corrected chi connectivity index (χ4v) is 3.58. The maximum atomic E-state index is 5.64. The van der Waals surface area contributed by atoms with Gasteiger partial charge in [-0.15, -0.1) is 46.2 Å². The van der Waals surface area contributed by atoms with Gasteiger partial charge < -0.3 is 34.0 Å². The second-order valence-corrected chi connectivity index (χ2v) is 13.5. The van der Waals surface area contributed by atoms with Crippen LogP contribution in [0.3, 0.4) is 0 Å².